The van der Waals surface area contributed by atoms with Gasteiger partial charge in [0.15, 0.2) is 18.9 Å². The summed E-state index contributed by atoms with van der Waals surface area (Å²) in [6.45, 7) is 2.85. The molecule has 3 rings (SSSR count). The van der Waals surface area contributed by atoms with E-state index in [0.29, 0.717) is 0 Å². The minimum absolute atomic E-state index is 0.0119. The van der Waals surface area contributed by atoms with Crippen LogP contribution in [0.25, 0.3) is 0 Å². The molecule has 3 aliphatic heterocycles. The van der Waals surface area contributed by atoms with Crippen LogP contribution >= 0.6 is 0 Å². The molecule has 18 nitrogen and oxygen atoms in total. The summed E-state index contributed by atoms with van der Waals surface area (Å²) in [6, 6.07) is 0. The van der Waals surface area contributed by atoms with Gasteiger partial charge in [-0.3, -0.25) is 0 Å². The van der Waals surface area contributed by atoms with E-state index < -0.39 is 104 Å². The molecule has 0 aliphatic carbocycles. The molecule has 0 radical (unpaired) electrons. The summed E-state index contributed by atoms with van der Waals surface area (Å²) in [5, 5.41) is 64.4. The fourth-order valence-electron chi connectivity index (χ4n) is 5.66. The molecule has 0 bridgehead atoms. The third-order valence-corrected chi connectivity index (χ3v) is 8.25. The van der Waals surface area contributed by atoms with Crippen molar-refractivity contribution in [1.29, 1.82) is 0 Å². The molecule has 47 heavy (non-hydrogen) atoms. The first kappa shape index (κ1) is 40.7. The molecule has 0 aromatic carbocycles. The van der Waals surface area contributed by atoms with Crippen LogP contribution in [-0.2, 0) is 56.8 Å². The Balaban J connectivity index is 1.90. The van der Waals surface area contributed by atoms with Gasteiger partial charge in [0.25, 0.3) is 0 Å². The van der Waals surface area contributed by atoms with Gasteiger partial charge in [0.1, 0.15) is 73.2 Å². The minimum atomic E-state index is -1.50. The Morgan fingerprint density at radius 3 is 1.64 bits per heavy atom. The minimum Gasteiger partial charge on any atom is -0.391 e. The number of ether oxygens (including phenoxy) is 12. The van der Waals surface area contributed by atoms with Crippen molar-refractivity contribution in [3.63, 3.8) is 0 Å². The van der Waals surface area contributed by atoms with Gasteiger partial charge in [-0.05, 0) is 13.8 Å². The fourth-order valence-corrected chi connectivity index (χ4v) is 5.66. The zero-order valence-corrected chi connectivity index (χ0v) is 27.9. The second-order valence-electron chi connectivity index (χ2n) is 11.9. The lowest BCUT2D eigenvalue weighted by molar-refractivity contribution is -0.384. The standard InChI is InChI=1S/C29H54O18/c1-13(30)8-41-12-15-18(31)19(32)25(40-7)28(44-15)46-23-17(11-37-4)45-29(26(21(23)34)42-9-14(2)38-5)47-22-16(10-36-3)43-27(35)24(39-6)20(22)33/h13-35H,8-12H2,1-7H3/t13?,14?,15-,16-,17-,18-,19+,20+,21+,22-,23-,24-,25-,26-,27-,28+,29+/m1/s1. The zero-order valence-electron chi connectivity index (χ0n) is 27.9. The largest absolute Gasteiger partial charge is 0.391 e. The van der Waals surface area contributed by atoms with E-state index in [1.165, 1.54) is 42.5 Å². The van der Waals surface area contributed by atoms with Crippen LogP contribution in [0.5, 0.6) is 0 Å². The van der Waals surface area contributed by atoms with E-state index in [2.05, 4.69) is 0 Å². The van der Waals surface area contributed by atoms with Crippen molar-refractivity contribution in [2.45, 2.75) is 118 Å². The van der Waals surface area contributed by atoms with Gasteiger partial charge in [-0.1, -0.05) is 0 Å². The van der Waals surface area contributed by atoms with Crippen molar-refractivity contribution < 1.29 is 87.5 Å². The molecule has 3 fully saturated rings. The maximum atomic E-state index is 11.8. The molecule has 18 heteroatoms. The lowest BCUT2D eigenvalue weighted by Crippen LogP contribution is -2.67. The third-order valence-electron chi connectivity index (χ3n) is 8.25. The highest BCUT2D eigenvalue weighted by atomic mass is 16.8. The van der Waals surface area contributed by atoms with Crippen LogP contribution in [0, 0.1) is 0 Å². The Bertz CT molecular complexity index is 869. The molecular formula is C29H54O18. The van der Waals surface area contributed by atoms with E-state index in [1.807, 2.05) is 0 Å². The van der Waals surface area contributed by atoms with Gasteiger partial charge in [0, 0.05) is 35.5 Å². The number of aliphatic hydroxyl groups excluding tert-OH is 6. The van der Waals surface area contributed by atoms with Crippen LogP contribution in [0.2, 0.25) is 0 Å². The van der Waals surface area contributed by atoms with E-state index in [9.17, 15) is 30.6 Å². The van der Waals surface area contributed by atoms with Gasteiger partial charge in [-0.15, -0.1) is 0 Å². The van der Waals surface area contributed by atoms with Crippen LogP contribution < -0.4 is 0 Å². The number of rotatable bonds is 18. The average molecular weight is 691 g/mol. The molecule has 3 heterocycles. The van der Waals surface area contributed by atoms with Gasteiger partial charge < -0.3 is 87.5 Å². The highest BCUT2D eigenvalue weighted by Gasteiger charge is 2.54. The third kappa shape index (κ3) is 10.4. The molecule has 278 valence electrons. The van der Waals surface area contributed by atoms with E-state index >= 15 is 0 Å². The molecule has 3 saturated heterocycles. The van der Waals surface area contributed by atoms with Crippen LogP contribution in [0.1, 0.15) is 13.8 Å². The maximum Gasteiger partial charge on any atom is 0.187 e. The van der Waals surface area contributed by atoms with E-state index in [-0.39, 0.29) is 33.0 Å². The topological polar surface area (TPSA) is 232 Å². The average Bonchev–Trinajstić information content (AvgIpc) is 3.03. The van der Waals surface area contributed by atoms with Crippen molar-refractivity contribution >= 4 is 0 Å². The molecule has 17 atom stereocenters. The van der Waals surface area contributed by atoms with Crippen molar-refractivity contribution in [3.8, 4) is 0 Å². The predicted octanol–water partition coefficient (Wildman–Crippen LogP) is -3.49. The smallest absolute Gasteiger partial charge is 0.187 e. The lowest BCUT2D eigenvalue weighted by Gasteiger charge is -2.49. The van der Waals surface area contributed by atoms with Gasteiger partial charge in [0.05, 0.1) is 45.2 Å². The maximum absolute atomic E-state index is 11.8. The van der Waals surface area contributed by atoms with Gasteiger partial charge in [-0.2, -0.15) is 0 Å². The Morgan fingerprint density at radius 2 is 1.11 bits per heavy atom. The van der Waals surface area contributed by atoms with Crippen molar-refractivity contribution in [1.82, 2.24) is 0 Å². The van der Waals surface area contributed by atoms with Crippen LogP contribution in [0.4, 0.5) is 0 Å². The molecule has 0 saturated carbocycles. The summed E-state index contributed by atoms with van der Waals surface area (Å²) in [7, 11) is 6.91. The van der Waals surface area contributed by atoms with E-state index in [4.69, 9.17) is 56.8 Å². The first-order valence-corrected chi connectivity index (χ1v) is 15.5. The predicted molar refractivity (Wildman–Crippen MR) is 156 cm³/mol. The summed E-state index contributed by atoms with van der Waals surface area (Å²) >= 11 is 0. The molecule has 3 aliphatic rings. The number of aliphatic hydroxyl groups is 6. The molecule has 0 aromatic heterocycles. The monoisotopic (exact) mass is 690 g/mol. The van der Waals surface area contributed by atoms with Crippen molar-refractivity contribution in [2.75, 3.05) is 68.6 Å². The molecule has 2 unspecified atom stereocenters. The normalized spacial score (nSPS) is 42.7. The first-order valence-electron chi connectivity index (χ1n) is 15.5. The van der Waals surface area contributed by atoms with Gasteiger partial charge in [-0.25, -0.2) is 0 Å². The summed E-state index contributed by atoms with van der Waals surface area (Å²) < 4.78 is 68.3. The number of hydrogen-bond acceptors (Lipinski definition) is 18. The Labute approximate surface area is 274 Å². The molecule has 0 amide bonds. The highest BCUT2D eigenvalue weighted by molar-refractivity contribution is 4.97. The van der Waals surface area contributed by atoms with Gasteiger partial charge in [0.2, 0.25) is 0 Å². The van der Waals surface area contributed by atoms with Crippen LogP contribution in [0.3, 0.4) is 0 Å². The van der Waals surface area contributed by atoms with E-state index in [0.717, 1.165) is 0 Å². The highest BCUT2D eigenvalue weighted by Crippen LogP contribution is 2.34. The fraction of sp³-hybridized carbons (Fsp3) is 1.00. The van der Waals surface area contributed by atoms with Crippen molar-refractivity contribution in [3.05, 3.63) is 0 Å². The summed E-state index contributed by atoms with van der Waals surface area (Å²) in [5.74, 6) is 0. The summed E-state index contributed by atoms with van der Waals surface area (Å²) in [5.41, 5.74) is 0. The Kier molecular flexibility index (Phi) is 17.0. The Hall–Kier alpha value is -0.720. The Morgan fingerprint density at radius 1 is 0.574 bits per heavy atom. The summed E-state index contributed by atoms with van der Waals surface area (Å²) in [6.07, 6.45) is -20.3. The lowest BCUT2D eigenvalue weighted by atomic mass is 9.95. The summed E-state index contributed by atoms with van der Waals surface area (Å²) in [4.78, 5) is 0. The molecule has 0 aromatic rings. The number of hydrogen-bond donors (Lipinski definition) is 6. The second-order valence-corrected chi connectivity index (χ2v) is 11.9. The van der Waals surface area contributed by atoms with Gasteiger partial charge >= 0.3 is 0 Å². The quantitative estimate of drug-likeness (QED) is 0.0819. The van der Waals surface area contributed by atoms with Crippen LogP contribution in [-0.4, -0.2) is 204 Å². The molecule has 6 N–H and O–H groups in total. The second kappa shape index (κ2) is 19.6. The van der Waals surface area contributed by atoms with E-state index in [1.54, 1.807) is 6.92 Å². The van der Waals surface area contributed by atoms with Crippen molar-refractivity contribution in [2.24, 2.45) is 0 Å². The zero-order chi connectivity index (χ0) is 34.8. The van der Waals surface area contributed by atoms with Crippen LogP contribution in [0.15, 0.2) is 0 Å². The molecular weight excluding hydrogens is 636 g/mol. The SMILES string of the molecule is COC[C@H]1O[C@@H](O)[C@H](OC)[C@@H](O)[C@@H]1O[C@@H]1O[C@H](COC)[C@@H](O[C@@H]2O[C@H](COCC(C)O)[C@@H](O)[C@H](O)[C@H]2OC)[C@H](O)[C@H]1OCC(C)OC. The first-order chi connectivity index (χ1) is 22.4. The number of methoxy groups -OCH3 is 5. The molecule has 0 spiro atoms.